The number of hydrogen-bond donors (Lipinski definition) is 2. The number of rotatable bonds is 3. The van der Waals surface area contributed by atoms with Crippen molar-refractivity contribution < 1.29 is 0 Å². The molecule has 4 heteroatoms. The molecule has 1 heterocycles. The number of aromatic nitrogens is 2. The highest BCUT2D eigenvalue weighted by Crippen LogP contribution is 2.20. The van der Waals surface area contributed by atoms with Crippen LogP contribution in [0.4, 0.5) is 17.3 Å². The molecule has 1 aromatic carbocycles. The standard InChI is InChI=1S/C13H16N4/c1-9(2)10-4-3-5-12(6-10)17-13-15-7-11(14)8-16-13/h3-9H,14H2,1-2H3,(H,15,16,17). The van der Waals surface area contributed by atoms with Crippen molar-refractivity contribution in [3.8, 4) is 0 Å². The Morgan fingerprint density at radius 3 is 2.53 bits per heavy atom. The van der Waals surface area contributed by atoms with E-state index in [1.165, 1.54) is 5.56 Å². The predicted octanol–water partition coefficient (Wildman–Crippen LogP) is 2.93. The molecule has 0 unspecified atom stereocenters. The molecule has 0 bridgehead atoms. The summed E-state index contributed by atoms with van der Waals surface area (Å²) >= 11 is 0. The van der Waals surface area contributed by atoms with Crippen molar-refractivity contribution in [3.63, 3.8) is 0 Å². The maximum atomic E-state index is 5.53. The Hall–Kier alpha value is -2.10. The Kier molecular flexibility index (Phi) is 3.23. The highest BCUT2D eigenvalue weighted by Gasteiger charge is 2.01. The maximum absolute atomic E-state index is 5.53. The van der Waals surface area contributed by atoms with Crippen molar-refractivity contribution in [3.05, 3.63) is 42.2 Å². The predicted molar refractivity (Wildman–Crippen MR) is 70.3 cm³/mol. The molecule has 0 saturated carbocycles. The molecule has 2 aromatic rings. The summed E-state index contributed by atoms with van der Waals surface area (Å²) in [5.41, 5.74) is 8.36. The Morgan fingerprint density at radius 2 is 1.88 bits per heavy atom. The summed E-state index contributed by atoms with van der Waals surface area (Å²) < 4.78 is 0. The molecule has 0 amide bonds. The minimum atomic E-state index is 0.504. The molecular formula is C13H16N4. The zero-order valence-corrected chi connectivity index (χ0v) is 10.0. The molecule has 4 nitrogen and oxygen atoms in total. The van der Waals surface area contributed by atoms with Gasteiger partial charge in [-0.3, -0.25) is 0 Å². The van der Waals surface area contributed by atoms with Gasteiger partial charge in [-0.05, 0) is 23.6 Å². The van der Waals surface area contributed by atoms with E-state index in [9.17, 15) is 0 Å². The van der Waals surface area contributed by atoms with E-state index in [-0.39, 0.29) is 0 Å². The Balaban J connectivity index is 2.18. The topological polar surface area (TPSA) is 63.8 Å². The van der Waals surface area contributed by atoms with Gasteiger partial charge in [-0.1, -0.05) is 26.0 Å². The van der Waals surface area contributed by atoms with E-state index >= 15 is 0 Å². The van der Waals surface area contributed by atoms with Crippen molar-refractivity contribution in [1.29, 1.82) is 0 Å². The van der Waals surface area contributed by atoms with Gasteiger partial charge in [0.1, 0.15) is 0 Å². The van der Waals surface area contributed by atoms with E-state index in [2.05, 4.69) is 41.3 Å². The Labute approximate surface area is 101 Å². The lowest BCUT2D eigenvalue weighted by Gasteiger charge is -2.09. The van der Waals surface area contributed by atoms with Crippen LogP contribution in [-0.4, -0.2) is 9.97 Å². The average Bonchev–Trinajstić information content (AvgIpc) is 2.32. The molecule has 0 aliphatic heterocycles. The van der Waals surface area contributed by atoms with Gasteiger partial charge in [0.15, 0.2) is 0 Å². The fourth-order valence-electron chi connectivity index (χ4n) is 1.51. The second-order valence-corrected chi connectivity index (χ2v) is 4.25. The molecule has 0 saturated heterocycles. The number of anilines is 3. The molecule has 0 aliphatic carbocycles. The van der Waals surface area contributed by atoms with Gasteiger partial charge >= 0.3 is 0 Å². The first-order chi connectivity index (χ1) is 8.15. The number of nitrogens with two attached hydrogens (primary N) is 1. The van der Waals surface area contributed by atoms with Crippen LogP contribution in [0.5, 0.6) is 0 Å². The van der Waals surface area contributed by atoms with Crippen LogP contribution in [-0.2, 0) is 0 Å². The summed E-state index contributed by atoms with van der Waals surface area (Å²) in [6.45, 7) is 4.33. The monoisotopic (exact) mass is 228 g/mol. The molecule has 3 N–H and O–H groups in total. The lowest BCUT2D eigenvalue weighted by atomic mass is 10.0. The van der Waals surface area contributed by atoms with Gasteiger partial charge < -0.3 is 11.1 Å². The van der Waals surface area contributed by atoms with Crippen LogP contribution in [0.15, 0.2) is 36.7 Å². The summed E-state index contributed by atoms with van der Waals surface area (Å²) in [6, 6.07) is 8.23. The lowest BCUT2D eigenvalue weighted by molar-refractivity contribution is 0.867. The van der Waals surface area contributed by atoms with Crippen molar-refractivity contribution >= 4 is 17.3 Å². The average molecular weight is 228 g/mol. The van der Waals surface area contributed by atoms with Crippen LogP contribution >= 0.6 is 0 Å². The van der Waals surface area contributed by atoms with Crippen LogP contribution in [0.1, 0.15) is 25.3 Å². The van der Waals surface area contributed by atoms with Crippen LogP contribution in [0, 0.1) is 0 Å². The van der Waals surface area contributed by atoms with E-state index in [4.69, 9.17) is 5.73 Å². The second kappa shape index (κ2) is 4.82. The molecule has 17 heavy (non-hydrogen) atoms. The third kappa shape index (κ3) is 2.93. The van der Waals surface area contributed by atoms with E-state index in [1.807, 2.05) is 12.1 Å². The maximum Gasteiger partial charge on any atom is 0.227 e. The zero-order valence-electron chi connectivity index (χ0n) is 10.0. The Bertz CT molecular complexity index is 491. The highest BCUT2D eigenvalue weighted by molar-refractivity contribution is 5.55. The number of benzene rings is 1. The number of hydrogen-bond acceptors (Lipinski definition) is 4. The quantitative estimate of drug-likeness (QED) is 0.847. The number of nitrogens with zero attached hydrogens (tertiary/aromatic N) is 2. The van der Waals surface area contributed by atoms with Gasteiger partial charge in [-0.25, -0.2) is 9.97 Å². The van der Waals surface area contributed by atoms with Crippen LogP contribution in [0.25, 0.3) is 0 Å². The lowest BCUT2D eigenvalue weighted by Crippen LogP contribution is -1.98. The van der Waals surface area contributed by atoms with Crippen LogP contribution in [0.2, 0.25) is 0 Å². The summed E-state index contributed by atoms with van der Waals surface area (Å²) in [6.07, 6.45) is 3.17. The van der Waals surface area contributed by atoms with E-state index in [0.29, 0.717) is 17.6 Å². The third-order valence-corrected chi connectivity index (χ3v) is 2.48. The second-order valence-electron chi connectivity index (χ2n) is 4.25. The summed E-state index contributed by atoms with van der Waals surface area (Å²) in [5.74, 6) is 1.06. The van der Waals surface area contributed by atoms with E-state index in [0.717, 1.165) is 5.69 Å². The Morgan fingerprint density at radius 1 is 1.18 bits per heavy atom. The van der Waals surface area contributed by atoms with Gasteiger partial charge in [0.25, 0.3) is 0 Å². The number of nitrogens with one attached hydrogen (secondary N) is 1. The van der Waals surface area contributed by atoms with Crippen molar-refractivity contribution in [2.24, 2.45) is 0 Å². The van der Waals surface area contributed by atoms with Crippen LogP contribution in [0.3, 0.4) is 0 Å². The minimum absolute atomic E-state index is 0.504. The molecule has 0 atom stereocenters. The minimum Gasteiger partial charge on any atom is -0.396 e. The first kappa shape index (κ1) is 11.4. The first-order valence-electron chi connectivity index (χ1n) is 5.59. The highest BCUT2D eigenvalue weighted by atomic mass is 15.1. The van der Waals surface area contributed by atoms with Crippen molar-refractivity contribution in [2.45, 2.75) is 19.8 Å². The van der Waals surface area contributed by atoms with E-state index in [1.54, 1.807) is 12.4 Å². The van der Waals surface area contributed by atoms with Crippen molar-refractivity contribution in [2.75, 3.05) is 11.1 Å². The normalized spacial score (nSPS) is 10.5. The van der Waals surface area contributed by atoms with Crippen LogP contribution < -0.4 is 11.1 Å². The molecule has 0 aliphatic rings. The molecule has 0 fully saturated rings. The van der Waals surface area contributed by atoms with Crippen molar-refractivity contribution in [1.82, 2.24) is 9.97 Å². The number of nitrogen functional groups attached to an aromatic ring is 1. The smallest absolute Gasteiger partial charge is 0.227 e. The largest absolute Gasteiger partial charge is 0.396 e. The molecule has 0 radical (unpaired) electrons. The molecular weight excluding hydrogens is 212 g/mol. The summed E-state index contributed by atoms with van der Waals surface area (Å²) in [4.78, 5) is 8.20. The molecule has 1 aromatic heterocycles. The van der Waals surface area contributed by atoms with Gasteiger partial charge in [0.05, 0.1) is 18.1 Å². The summed E-state index contributed by atoms with van der Waals surface area (Å²) in [5, 5.41) is 3.15. The molecule has 2 rings (SSSR count). The van der Waals surface area contributed by atoms with Gasteiger partial charge in [0, 0.05) is 5.69 Å². The molecule has 0 spiro atoms. The van der Waals surface area contributed by atoms with Gasteiger partial charge in [-0.2, -0.15) is 0 Å². The third-order valence-electron chi connectivity index (χ3n) is 2.48. The van der Waals surface area contributed by atoms with Gasteiger partial charge in [-0.15, -0.1) is 0 Å². The zero-order chi connectivity index (χ0) is 12.3. The fourth-order valence-corrected chi connectivity index (χ4v) is 1.51. The molecule has 88 valence electrons. The fraction of sp³-hybridized carbons (Fsp3) is 0.231. The summed E-state index contributed by atoms with van der Waals surface area (Å²) in [7, 11) is 0. The van der Waals surface area contributed by atoms with E-state index < -0.39 is 0 Å². The van der Waals surface area contributed by atoms with Gasteiger partial charge in [0.2, 0.25) is 5.95 Å². The SMILES string of the molecule is CC(C)c1cccc(Nc2ncc(N)cn2)c1. The first-order valence-corrected chi connectivity index (χ1v) is 5.59.